The minimum absolute atomic E-state index is 0. The van der Waals surface area contributed by atoms with Crippen molar-refractivity contribution in [3.05, 3.63) is 77.9 Å². The van der Waals surface area contributed by atoms with Gasteiger partial charge in [0, 0.05) is 6.08 Å². The molecule has 0 radical (unpaired) electrons. The van der Waals surface area contributed by atoms with Gasteiger partial charge in [0.15, 0.2) is 0 Å². The normalized spacial score (nSPS) is 10.5. The fourth-order valence-corrected chi connectivity index (χ4v) is 1.29. The largest absolute Gasteiger partial charge is 2.00 e. The van der Waals surface area contributed by atoms with Crippen LogP contribution < -0.4 is 0 Å². The van der Waals surface area contributed by atoms with Gasteiger partial charge in [0.1, 0.15) is 0 Å². The van der Waals surface area contributed by atoms with E-state index in [4.69, 9.17) is 5.11 Å². The van der Waals surface area contributed by atoms with Crippen LogP contribution in [-0.4, -0.2) is 11.1 Å². The number of hydrogen-bond donors (Lipinski definition) is 1. The van der Waals surface area contributed by atoms with Crippen LogP contribution in [0.1, 0.15) is 12.5 Å². The molecule has 0 aromatic heterocycles. The molecule has 2 aromatic rings. The van der Waals surface area contributed by atoms with Gasteiger partial charge in [-0.3, -0.25) is 0 Å². The van der Waals surface area contributed by atoms with Crippen LogP contribution in [0.5, 0.6) is 0 Å². The van der Waals surface area contributed by atoms with Crippen LogP contribution in [0.4, 0.5) is 0 Å². The van der Waals surface area contributed by atoms with E-state index in [1.54, 1.807) is 13.0 Å². The van der Waals surface area contributed by atoms with E-state index in [1.807, 2.05) is 60.7 Å². The van der Waals surface area contributed by atoms with Crippen LogP contribution in [-0.2, 0) is 21.9 Å². The summed E-state index contributed by atoms with van der Waals surface area (Å²) >= 11 is 0. The summed E-state index contributed by atoms with van der Waals surface area (Å²) in [4.78, 5) is 10.3. The second kappa shape index (κ2) is 10.1. The average Bonchev–Trinajstić information content (AvgIpc) is 3.02. The van der Waals surface area contributed by atoms with Crippen molar-refractivity contribution in [1.82, 2.24) is 0 Å². The first kappa shape index (κ1) is 17.2. The molecule has 0 aliphatic rings. The predicted octanol–water partition coefficient (Wildman–Crippen LogP) is 3.85. The SMILES string of the molecule is CC(C=C[c-]1cccc1)=CC(=O)O.[Fe+2].c1cc[cH-]c1. The zero-order valence-corrected chi connectivity index (χ0v) is 11.7. The first-order valence-corrected chi connectivity index (χ1v) is 5.66. The quantitative estimate of drug-likeness (QED) is 0.404. The molecule has 2 nitrogen and oxygen atoms in total. The smallest absolute Gasteiger partial charge is 0.478 e. The van der Waals surface area contributed by atoms with Gasteiger partial charge in [-0.15, -0.1) is 29.8 Å². The molecule has 0 heterocycles. The number of carboxylic acids is 1. The molecule has 19 heavy (non-hydrogen) atoms. The predicted molar refractivity (Wildman–Crippen MR) is 74.5 cm³/mol. The summed E-state index contributed by atoms with van der Waals surface area (Å²) < 4.78 is 0. The van der Waals surface area contributed by atoms with E-state index >= 15 is 0 Å². The third-order valence-corrected chi connectivity index (χ3v) is 2.13. The van der Waals surface area contributed by atoms with Crippen LogP contribution in [0.15, 0.2) is 72.3 Å². The van der Waals surface area contributed by atoms with Crippen molar-refractivity contribution in [1.29, 1.82) is 0 Å². The van der Waals surface area contributed by atoms with E-state index in [1.165, 1.54) is 6.08 Å². The molecule has 0 bridgehead atoms. The molecule has 0 spiro atoms. The monoisotopic (exact) mass is 296 g/mol. The second-order valence-electron chi connectivity index (χ2n) is 3.74. The zero-order chi connectivity index (χ0) is 13.2. The molecular weight excluding hydrogens is 280 g/mol. The Morgan fingerprint density at radius 3 is 2.16 bits per heavy atom. The summed E-state index contributed by atoms with van der Waals surface area (Å²) in [5.41, 5.74) is 1.81. The second-order valence-corrected chi connectivity index (χ2v) is 3.74. The zero-order valence-electron chi connectivity index (χ0n) is 10.6. The van der Waals surface area contributed by atoms with Gasteiger partial charge in [-0.25, -0.2) is 16.9 Å². The molecule has 2 aromatic carbocycles. The molecule has 2 rings (SSSR count). The van der Waals surface area contributed by atoms with Crippen molar-refractivity contribution < 1.29 is 27.0 Å². The summed E-state index contributed by atoms with van der Waals surface area (Å²) in [7, 11) is 0. The van der Waals surface area contributed by atoms with Gasteiger partial charge >= 0.3 is 23.0 Å². The molecule has 0 aliphatic carbocycles. The number of hydrogen-bond acceptors (Lipinski definition) is 1. The Bertz CT molecular complexity index is 474. The summed E-state index contributed by atoms with van der Waals surface area (Å²) in [5.74, 6) is -0.912. The number of carbonyl (C=O) groups is 1. The van der Waals surface area contributed by atoms with Crippen molar-refractivity contribution in [3.8, 4) is 0 Å². The van der Waals surface area contributed by atoms with Crippen LogP contribution >= 0.6 is 0 Å². The molecule has 3 heteroatoms. The molecule has 0 aliphatic heterocycles. The third kappa shape index (κ3) is 8.83. The molecule has 0 fully saturated rings. The van der Waals surface area contributed by atoms with E-state index in [-0.39, 0.29) is 17.1 Å². The van der Waals surface area contributed by atoms with Crippen molar-refractivity contribution in [2.75, 3.05) is 0 Å². The van der Waals surface area contributed by atoms with Gasteiger partial charge in [0.05, 0.1) is 0 Å². The van der Waals surface area contributed by atoms with Gasteiger partial charge in [0.2, 0.25) is 0 Å². The first-order chi connectivity index (χ1) is 8.68. The Hall–Kier alpha value is -1.83. The Morgan fingerprint density at radius 1 is 1.16 bits per heavy atom. The third-order valence-electron chi connectivity index (χ3n) is 2.13. The molecule has 100 valence electrons. The molecular formula is C16H16FeO2. The molecule has 0 atom stereocenters. The molecule has 0 unspecified atom stereocenters. The Morgan fingerprint density at radius 2 is 1.74 bits per heavy atom. The van der Waals surface area contributed by atoms with Gasteiger partial charge in [-0.1, -0.05) is 5.57 Å². The standard InChI is InChI=1S/C11H11O2.C5H5.Fe/c1-9(8-11(12)13)6-7-10-4-2-3-5-10;1-2-4-5-3-1;/h2-8H,1H3,(H,12,13);1-5H;/q2*-1;+2. The van der Waals surface area contributed by atoms with Crippen molar-refractivity contribution in [2.45, 2.75) is 6.92 Å². The Kier molecular flexibility index (Phi) is 9.15. The van der Waals surface area contributed by atoms with Gasteiger partial charge in [0.25, 0.3) is 0 Å². The van der Waals surface area contributed by atoms with E-state index in [0.29, 0.717) is 0 Å². The number of carboxylic acid groups (broad SMARTS) is 1. The maximum Gasteiger partial charge on any atom is 2.00 e. The minimum atomic E-state index is -0.912. The first-order valence-electron chi connectivity index (χ1n) is 5.66. The number of rotatable bonds is 3. The summed E-state index contributed by atoms with van der Waals surface area (Å²) in [5, 5.41) is 8.43. The minimum Gasteiger partial charge on any atom is -0.478 e. The van der Waals surface area contributed by atoms with Crippen LogP contribution in [0, 0.1) is 0 Å². The summed E-state index contributed by atoms with van der Waals surface area (Å²) in [6.45, 7) is 1.76. The maximum absolute atomic E-state index is 10.3. The number of allylic oxidation sites excluding steroid dienone is 2. The molecule has 0 saturated heterocycles. The van der Waals surface area contributed by atoms with Crippen molar-refractivity contribution in [2.24, 2.45) is 0 Å². The van der Waals surface area contributed by atoms with E-state index in [9.17, 15) is 4.79 Å². The van der Waals surface area contributed by atoms with Gasteiger partial charge < -0.3 is 5.11 Å². The van der Waals surface area contributed by atoms with Crippen LogP contribution in [0.25, 0.3) is 6.08 Å². The fraction of sp³-hybridized carbons (Fsp3) is 0.0625. The van der Waals surface area contributed by atoms with Crippen molar-refractivity contribution in [3.63, 3.8) is 0 Å². The molecule has 0 saturated carbocycles. The number of aliphatic carboxylic acids is 1. The van der Waals surface area contributed by atoms with Gasteiger partial charge in [-0.2, -0.15) is 30.3 Å². The van der Waals surface area contributed by atoms with Crippen molar-refractivity contribution >= 4 is 12.0 Å². The van der Waals surface area contributed by atoms with E-state index in [2.05, 4.69) is 0 Å². The summed E-state index contributed by atoms with van der Waals surface area (Å²) in [6, 6.07) is 17.8. The van der Waals surface area contributed by atoms with E-state index in [0.717, 1.165) is 11.1 Å². The fourth-order valence-electron chi connectivity index (χ4n) is 1.29. The average molecular weight is 296 g/mol. The van der Waals surface area contributed by atoms with E-state index < -0.39 is 5.97 Å². The Balaban J connectivity index is 0.000000454. The molecule has 0 amide bonds. The van der Waals surface area contributed by atoms with Crippen LogP contribution in [0.3, 0.4) is 0 Å². The maximum atomic E-state index is 10.3. The van der Waals surface area contributed by atoms with Gasteiger partial charge in [-0.05, 0) is 6.92 Å². The topological polar surface area (TPSA) is 37.3 Å². The van der Waals surface area contributed by atoms with Crippen LogP contribution in [0.2, 0.25) is 0 Å². The Labute approximate surface area is 124 Å². The molecule has 1 N–H and O–H groups in total. The summed E-state index contributed by atoms with van der Waals surface area (Å²) in [6.07, 6.45) is 4.84.